The number of hydrogen-bond donors (Lipinski definition) is 0. The summed E-state index contributed by atoms with van der Waals surface area (Å²) < 4.78 is 2.44. The molecule has 0 N–H and O–H groups in total. The molecule has 0 saturated carbocycles. The minimum absolute atomic E-state index is 0.0411. The van der Waals surface area contributed by atoms with Crippen LogP contribution in [0.3, 0.4) is 0 Å². The molecule has 0 unspecified atom stereocenters. The van der Waals surface area contributed by atoms with Crippen molar-refractivity contribution in [2.75, 3.05) is 0 Å². The van der Waals surface area contributed by atoms with Gasteiger partial charge in [0.1, 0.15) is 0 Å². The van der Waals surface area contributed by atoms with Crippen LogP contribution in [0.4, 0.5) is 0 Å². The summed E-state index contributed by atoms with van der Waals surface area (Å²) in [6.07, 6.45) is 0. The molecule has 1 nitrogen and oxygen atoms in total. The van der Waals surface area contributed by atoms with Crippen LogP contribution in [0.1, 0.15) is 25.0 Å². The first-order valence-electron chi connectivity index (χ1n) is 16.9. The number of hydrogen-bond acceptors (Lipinski definition) is 0. The molecule has 8 aromatic carbocycles. The lowest BCUT2D eigenvalue weighted by molar-refractivity contribution is 0.660. The average molecular weight is 612 g/mol. The Labute approximate surface area is 280 Å². The van der Waals surface area contributed by atoms with E-state index in [1.807, 2.05) is 0 Å². The van der Waals surface area contributed by atoms with Crippen molar-refractivity contribution in [2.45, 2.75) is 19.3 Å². The molecule has 10 rings (SSSR count). The monoisotopic (exact) mass is 611 g/mol. The Morgan fingerprint density at radius 3 is 1.56 bits per heavy atom. The molecule has 48 heavy (non-hydrogen) atoms. The summed E-state index contributed by atoms with van der Waals surface area (Å²) in [6, 6.07) is 60.5. The fourth-order valence-corrected chi connectivity index (χ4v) is 8.46. The smallest absolute Gasteiger partial charge is 0.0547 e. The van der Waals surface area contributed by atoms with Crippen molar-refractivity contribution in [1.82, 2.24) is 4.57 Å². The van der Waals surface area contributed by atoms with Crippen LogP contribution >= 0.6 is 0 Å². The van der Waals surface area contributed by atoms with Gasteiger partial charge in [0.05, 0.1) is 11.0 Å². The van der Waals surface area contributed by atoms with Crippen molar-refractivity contribution in [3.05, 3.63) is 175 Å². The maximum absolute atomic E-state index is 2.45. The van der Waals surface area contributed by atoms with Crippen LogP contribution in [0.25, 0.3) is 82.8 Å². The second kappa shape index (κ2) is 10.0. The first-order chi connectivity index (χ1) is 23.6. The molecular formula is C47H33N. The lowest BCUT2D eigenvalue weighted by Crippen LogP contribution is -2.14. The molecule has 226 valence electrons. The Hall–Kier alpha value is -5.92. The minimum atomic E-state index is -0.0411. The zero-order valence-corrected chi connectivity index (χ0v) is 27.0. The van der Waals surface area contributed by atoms with Gasteiger partial charge in [0, 0.05) is 21.9 Å². The van der Waals surface area contributed by atoms with Gasteiger partial charge in [-0.25, -0.2) is 0 Å². The summed E-state index contributed by atoms with van der Waals surface area (Å²) in [5.74, 6) is 0. The van der Waals surface area contributed by atoms with Crippen molar-refractivity contribution >= 4 is 32.6 Å². The van der Waals surface area contributed by atoms with E-state index in [1.54, 1.807) is 0 Å². The molecule has 0 radical (unpaired) electrons. The summed E-state index contributed by atoms with van der Waals surface area (Å²) in [5, 5.41) is 5.24. The van der Waals surface area contributed by atoms with Crippen LogP contribution in [0, 0.1) is 0 Å². The lowest BCUT2D eigenvalue weighted by atomic mass is 9.81. The largest absolute Gasteiger partial charge is 0.309 e. The van der Waals surface area contributed by atoms with Gasteiger partial charge in [0.25, 0.3) is 0 Å². The Bertz CT molecular complexity index is 2660. The molecule has 1 heteroatoms. The van der Waals surface area contributed by atoms with Crippen LogP contribution in [0.5, 0.6) is 0 Å². The highest BCUT2D eigenvalue weighted by Crippen LogP contribution is 2.51. The second-order valence-corrected chi connectivity index (χ2v) is 13.7. The number of nitrogens with zero attached hydrogens (tertiary/aromatic N) is 1. The fourth-order valence-electron chi connectivity index (χ4n) is 8.46. The fraction of sp³-hybridized carbons (Fsp3) is 0.0638. The number of aromatic nitrogens is 1. The molecule has 0 spiro atoms. The Kier molecular flexibility index (Phi) is 5.69. The van der Waals surface area contributed by atoms with Crippen molar-refractivity contribution in [3.63, 3.8) is 0 Å². The Morgan fingerprint density at radius 2 is 0.875 bits per heavy atom. The quantitative estimate of drug-likeness (QED) is 0.175. The molecule has 1 aromatic heterocycles. The van der Waals surface area contributed by atoms with E-state index in [-0.39, 0.29) is 5.41 Å². The van der Waals surface area contributed by atoms with Crippen LogP contribution < -0.4 is 0 Å². The first-order valence-corrected chi connectivity index (χ1v) is 16.9. The Morgan fingerprint density at radius 1 is 0.375 bits per heavy atom. The van der Waals surface area contributed by atoms with E-state index < -0.39 is 0 Å². The minimum Gasteiger partial charge on any atom is -0.309 e. The van der Waals surface area contributed by atoms with E-state index in [1.165, 1.54) is 93.9 Å². The van der Waals surface area contributed by atoms with Gasteiger partial charge in [-0.1, -0.05) is 147 Å². The molecular weight excluding hydrogens is 579 g/mol. The van der Waals surface area contributed by atoms with Crippen molar-refractivity contribution in [2.24, 2.45) is 0 Å². The number of rotatable bonds is 4. The molecule has 0 atom stereocenters. The van der Waals surface area contributed by atoms with E-state index in [0.29, 0.717) is 0 Å². The van der Waals surface area contributed by atoms with Crippen LogP contribution in [-0.2, 0) is 5.41 Å². The van der Waals surface area contributed by atoms with E-state index in [2.05, 4.69) is 182 Å². The van der Waals surface area contributed by atoms with Crippen molar-refractivity contribution in [1.29, 1.82) is 0 Å². The summed E-state index contributed by atoms with van der Waals surface area (Å²) in [7, 11) is 0. The van der Waals surface area contributed by atoms with Gasteiger partial charge in [-0.2, -0.15) is 0 Å². The van der Waals surface area contributed by atoms with Gasteiger partial charge >= 0.3 is 0 Å². The van der Waals surface area contributed by atoms with Gasteiger partial charge in [-0.05, 0) is 96.7 Å². The second-order valence-electron chi connectivity index (χ2n) is 13.7. The lowest BCUT2D eigenvalue weighted by Gasteiger charge is -2.22. The van der Waals surface area contributed by atoms with Crippen LogP contribution in [0.15, 0.2) is 164 Å². The summed E-state index contributed by atoms with van der Waals surface area (Å²) in [4.78, 5) is 0. The third-order valence-electron chi connectivity index (χ3n) is 10.8. The zero-order valence-electron chi connectivity index (χ0n) is 27.0. The third kappa shape index (κ3) is 3.79. The number of benzene rings is 8. The molecule has 1 aliphatic rings. The predicted octanol–water partition coefficient (Wildman–Crippen LogP) is 12.7. The molecule has 9 aromatic rings. The highest BCUT2D eigenvalue weighted by atomic mass is 15.0. The molecule has 0 aliphatic heterocycles. The molecule has 1 heterocycles. The topological polar surface area (TPSA) is 4.93 Å². The molecule has 0 amide bonds. The molecule has 0 saturated heterocycles. The van der Waals surface area contributed by atoms with E-state index >= 15 is 0 Å². The Balaban J connectivity index is 1.20. The van der Waals surface area contributed by atoms with Gasteiger partial charge in [-0.3, -0.25) is 0 Å². The molecule has 0 bridgehead atoms. The van der Waals surface area contributed by atoms with E-state index in [4.69, 9.17) is 0 Å². The zero-order chi connectivity index (χ0) is 32.0. The summed E-state index contributed by atoms with van der Waals surface area (Å²) in [5.41, 5.74) is 16.7. The SMILES string of the molecule is CC1(C)c2ccccc2-c2ccc(-c3ccc4c5c3ccc3c(-c6ccc(-c7ccccc7)cc6)ccc(c35)n4-c3ccccc3)cc21. The molecule has 0 fully saturated rings. The van der Waals surface area contributed by atoms with E-state index in [9.17, 15) is 0 Å². The van der Waals surface area contributed by atoms with Crippen LogP contribution in [-0.4, -0.2) is 4.57 Å². The van der Waals surface area contributed by atoms with Gasteiger partial charge < -0.3 is 4.57 Å². The van der Waals surface area contributed by atoms with Crippen molar-refractivity contribution in [3.8, 4) is 50.2 Å². The average Bonchev–Trinajstić information content (AvgIpc) is 3.60. The summed E-state index contributed by atoms with van der Waals surface area (Å²) in [6.45, 7) is 4.73. The first kappa shape index (κ1) is 27.2. The molecule has 1 aliphatic carbocycles. The number of fused-ring (bicyclic) bond motifs is 3. The maximum Gasteiger partial charge on any atom is 0.0547 e. The predicted molar refractivity (Wildman–Crippen MR) is 203 cm³/mol. The number of para-hydroxylation sites is 1. The maximum atomic E-state index is 2.45. The van der Waals surface area contributed by atoms with Gasteiger partial charge in [0.15, 0.2) is 0 Å². The summed E-state index contributed by atoms with van der Waals surface area (Å²) >= 11 is 0. The van der Waals surface area contributed by atoms with Crippen LogP contribution in [0.2, 0.25) is 0 Å². The van der Waals surface area contributed by atoms with E-state index in [0.717, 1.165) is 0 Å². The van der Waals surface area contributed by atoms with Gasteiger partial charge in [0.2, 0.25) is 0 Å². The van der Waals surface area contributed by atoms with Crippen molar-refractivity contribution < 1.29 is 0 Å². The standard InChI is InChI=1S/C47H33N/c1-47(2)41-16-10-9-15-37(41)38-22-21-33(29-42(38)47)36-26-28-44-46-40(36)24-23-39-35(32-19-17-31(18-20-32)30-11-5-3-6-12-30)25-27-43(45(39)46)48(44)34-13-7-4-8-14-34/h3-29H,1-2H3. The highest BCUT2D eigenvalue weighted by Gasteiger charge is 2.35. The third-order valence-corrected chi connectivity index (χ3v) is 10.8. The van der Waals surface area contributed by atoms with Gasteiger partial charge in [-0.15, -0.1) is 0 Å². The highest BCUT2D eigenvalue weighted by molar-refractivity contribution is 6.28. The normalized spacial score (nSPS) is 13.4.